The van der Waals surface area contributed by atoms with E-state index in [4.69, 9.17) is 10.00 Å². The summed E-state index contributed by atoms with van der Waals surface area (Å²) in [7, 11) is 1.61. The number of hydrogen-bond donors (Lipinski definition) is 1. The molecular formula is C22H22N4O3S. The van der Waals surface area contributed by atoms with Crippen LogP contribution in [0.5, 0.6) is 5.75 Å². The van der Waals surface area contributed by atoms with E-state index in [1.54, 1.807) is 24.1 Å². The summed E-state index contributed by atoms with van der Waals surface area (Å²) < 4.78 is 5.18. The molecule has 1 aliphatic heterocycles. The van der Waals surface area contributed by atoms with Gasteiger partial charge in [-0.2, -0.15) is 5.26 Å². The number of carbonyl (C=O) groups is 2. The number of nitriles is 1. The van der Waals surface area contributed by atoms with Crippen LogP contribution < -0.4 is 10.1 Å². The molecule has 1 atom stereocenters. The van der Waals surface area contributed by atoms with E-state index < -0.39 is 0 Å². The molecule has 8 heteroatoms. The molecule has 0 aliphatic carbocycles. The summed E-state index contributed by atoms with van der Waals surface area (Å²) in [6, 6.07) is 12.8. The molecule has 1 N–H and O–H groups in total. The third-order valence-corrected chi connectivity index (χ3v) is 6.22. The molecule has 0 spiro atoms. The molecular weight excluding hydrogens is 400 g/mol. The second kappa shape index (κ2) is 9.46. The lowest BCUT2D eigenvalue weighted by Gasteiger charge is -2.26. The largest absolute Gasteiger partial charge is 0.497 e. The van der Waals surface area contributed by atoms with Crippen LogP contribution in [0.4, 0.5) is 5.82 Å². The second-order valence-electron chi connectivity index (χ2n) is 6.84. The van der Waals surface area contributed by atoms with E-state index in [1.165, 1.54) is 18.0 Å². The molecule has 2 aromatic rings. The van der Waals surface area contributed by atoms with Gasteiger partial charge in [-0.15, -0.1) is 11.8 Å². The van der Waals surface area contributed by atoms with Crippen LogP contribution in [0.15, 0.2) is 53.7 Å². The van der Waals surface area contributed by atoms with E-state index in [9.17, 15) is 9.59 Å². The molecule has 0 radical (unpaired) electrons. The number of rotatable bonds is 7. The maximum atomic E-state index is 12.7. The van der Waals surface area contributed by atoms with Crippen molar-refractivity contribution in [2.45, 2.75) is 25.8 Å². The van der Waals surface area contributed by atoms with E-state index in [1.807, 2.05) is 44.2 Å². The van der Waals surface area contributed by atoms with Crippen molar-refractivity contribution in [3.63, 3.8) is 0 Å². The van der Waals surface area contributed by atoms with Gasteiger partial charge in [0.15, 0.2) is 0 Å². The number of benzene rings is 1. The molecule has 1 aromatic carbocycles. The normalized spacial score (nSPS) is 15.9. The van der Waals surface area contributed by atoms with Crippen molar-refractivity contribution >= 4 is 29.4 Å². The lowest BCUT2D eigenvalue weighted by Crippen LogP contribution is -2.34. The van der Waals surface area contributed by atoms with Gasteiger partial charge in [-0.1, -0.05) is 12.1 Å². The van der Waals surface area contributed by atoms with Crippen molar-refractivity contribution in [1.82, 2.24) is 9.88 Å². The molecule has 0 bridgehead atoms. The second-order valence-corrected chi connectivity index (χ2v) is 7.91. The summed E-state index contributed by atoms with van der Waals surface area (Å²) in [5, 5.41) is 11.3. The first-order valence-corrected chi connectivity index (χ1v) is 10.4. The summed E-state index contributed by atoms with van der Waals surface area (Å²) in [5.41, 5.74) is 3.10. The van der Waals surface area contributed by atoms with Gasteiger partial charge in [-0.05, 0) is 49.2 Å². The number of thioether (sulfide) groups is 1. The molecule has 7 nitrogen and oxygen atoms in total. The fraction of sp³-hybridized carbons (Fsp3) is 0.273. The highest BCUT2D eigenvalue weighted by Gasteiger charge is 2.35. The number of nitrogens with one attached hydrogen (secondary N) is 1. The number of ether oxygens (including phenoxy) is 1. The van der Waals surface area contributed by atoms with Gasteiger partial charge in [0.05, 0.1) is 18.4 Å². The molecule has 0 fully saturated rings. The number of amides is 2. The number of hydrogen-bond acceptors (Lipinski definition) is 6. The van der Waals surface area contributed by atoms with Crippen LogP contribution in [0.25, 0.3) is 0 Å². The first kappa shape index (κ1) is 21.4. The topological polar surface area (TPSA) is 95.3 Å². The maximum Gasteiger partial charge on any atom is 0.251 e. The zero-order valence-electron chi connectivity index (χ0n) is 17.0. The molecule has 154 valence electrons. The predicted octanol–water partition coefficient (Wildman–Crippen LogP) is 3.34. The Kier molecular flexibility index (Phi) is 6.75. The Bertz CT molecular complexity index is 1010. The van der Waals surface area contributed by atoms with Gasteiger partial charge in [-0.25, -0.2) is 4.98 Å². The third kappa shape index (κ3) is 4.81. The summed E-state index contributed by atoms with van der Waals surface area (Å²) in [6.45, 7) is 4.20. The molecule has 1 aromatic heterocycles. The summed E-state index contributed by atoms with van der Waals surface area (Å²) in [6.07, 6.45) is 1.41. The number of nitrogens with zero attached hydrogens (tertiary/aromatic N) is 3. The maximum absolute atomic E-state index is 12.7. The van der Waals surface area contributed by atoms with E-state index in [0.29, 0.717) is 17.9 Å². The number of methoxy groups -OCH3 is 1. The number of carbonyl (C=O) groups excluding carboxylic acids is 2. The van der Waals surface area contributed by atoms with Crippen LogP contribution in [-0.4, -0.2) is 39.9 Å². The van der Waals surface area contributed by atoms with E-state index in [-0.39, 0.29) is 22.9 Å². The van der Waals surface area contributed by atoms with Crippen LogP contribution >= 0.6 is 11.8 Å². The van der Waals surface area contributed by atoms with E-state index >= 15 is 0 Å². The SMILES string of the molecule is COc1ccc(CN2C(=O)C(C)=C(C)C2SCC(=O)Nc2ccc(C#N)cn2)cc1. The zero-order chi connectivity index (χ0) is 21.7. The standard InChI is InChI=1S/C22H22N4O3S/c1-14-15(2)22(26(21(14)28)12-16-4-7-18(29-3)8-5-16)30-13-20(27)25-19-9-6-17(10-23)11-24-19/h4-9,11,22H,12-13H2,1-3H3,(H,24,25,27). The van der Waals surface area contributed by atoms with Crippen LogP contribution in [0, 0.1) is 11.3 Å². The van der Waals surface area contributed by atoms with Crippen molar-refractivity contribution in [3.05, 3.63) is 64.9 Å². The van der Waals surface area contributed by atoms with Crippen LogP contribution in [0.2, 0.25) is 0 Å². The minimum atomic E-state index is -0.216. The van der Waals surface area contributed by atoms with Gasteiger partial charge in [0.1, 0.15) is 23.0 Å². The fourth-order valence-corrected chi connectivity index (χ4v) is 4.23. The summed E-state index contributed by atoms with van der Waals surface area (Å²) in [4.78, 5) is 30.9. The van der Waals surface area contributed by atoms with Crippen molar-refractivity contribution in [1.29, 1.82) is 5.26 Å². The van der Waals surface area contributed by atoms with Crippen LogP contribution in [0.3, 0.4) is 0 Å². The van der Waals surface area contributed by atoms with Crippen molar-refractivity contribution < 1.29 is 14.3 Å². The number of pyridine rings is 1. The van der Waals surface area contributed by atoms with Crippen LogP contribution in [-0.2, 0) is 16.1 Å². The zero-order valence-corrected chi connectivity index (χ0v) is 17.8. The number of aromatic nitrogens is 1. The number of anilines is 1. The Balaban J connectivity index is 1.64. The minimum Gasteiger partial charge on any atom is -0.497 e. The Labute approximate surface area is 179 Å². The molecule has 30 heavy (non-hydrogen) atoms. The highest BCUT2D eigenvalue weighted by atomic mass is 32.2. The fourth-order valence-electron chi connectivity index (χ4n) is 3.07. The monoisotopic (exact) mass is 422 g/mol. The van der Waals surface area contributed by atoms with E-state index in [2.05, 4.69) is 10.3 Å². The molecule has 1 aliphatic rings. The Morgan fingerprint density at radius 2 is 2.00 bits per heavy atom. The minimum absolute atomic E-state index is 0.0185. The van der Waals surface area contributed by atoms with E-state index in [0.717, 1.165) is 22.5 Å². The lowest BCUT2D eigenvalue weighted by molar-refractivity contribution is -0.126. The Morgan fingerprint density at radius 1 is 1.27 bits per heavy atom. The lowest BCUT2D eigenvalue weighted by atomic mass is 10.2. The summed E-state index contributed by atoms with van der Waals surface area (Å²) in [5.74, 6) is 1.08. The highest BCUT2D eigenvalue weighted by molar-refractivity contribution is 8.00. The van der Waals surface area contributed by atoms with Crippen molar-refractivity contribution in [3.8, 4) is 11.8 Å². The van der Waals surface area contributed by atoms with Crippen LogP contribution in [0.1, 0.15) is 25.0 Å². The van der Waals surface area contributed by atoms with Gasteiger partial charge in [0, 0.05) is 18.3 Å². The first-order chi connectivity index (χ1) is 14.4. The van der Waals surface area contributed by atoms with Crippen molar-refractivity contribution in [2.75, 3.05) is 18.2 Å². The molecule has 0 saturated carbocycles. The summed E-state index contributed by atoms with van der Waals surface area (Å²) >= 11 is 1.40. The average molecular weight is 423 g/mol. The Morgan fingerprint density at radius 3 is 2.60 bits per heavy atom. The highest BCUT2D eigenvalue weighted by Crippen LogP contribution is 2.34. The smallest absolute Gasteiger partial charge is 0.251 e. The third-order valence-electron chi connectivity index (χ3n) is 4.87. The molecule has 0 saturated heterocycles. The molecule has 3 rings (SSSR count). The molecule has 2 amide bonds. The predicted molar refractivity (Wildman–Crippen MR) is 116 cm³/mol. The van der Waals surface area contributed by atoms with Gasteiger partial charge in [0.25, 0.3) is 5.91 Å². The quantitative estimate of drug-likeness (QED) is 0.735. The molecule has 2 heterocycles. The average Bonchev–Trinajstić information content (AvgIpc) is 2.96. The Hall–Kier alpha value is -3.31. The van der Waals surface area contributed by atoms with Crippen molar-refractivity contribution in [2.24, 2.45) is 0 Å². The van der Waals surface area contributed by atoms with Gasteiger partial charge in [0.2, 0.25) is 5.91 Å². The molecule has 1 unspecified atom stereocenters. The van der Waals surface area contributed by atoms with Gasteiger partial charge >= 0.3 is 0 Å². The van der Waals surface area contributed by atoms with Gasteiger partial charge in [-0.3, -0.25) is 9.59 Å². The first-order valence-electron chi connectivity index (χ1n) is 9.31. The van der Waals surface area contributed by atoms with Gasteiger partial charge < -0.3 is 15.0 Å².